The molecule has 21 heavy (non-hydrogen) atoms. The molecule has 2 N–H and O–H groups in total. The molecule has 0 saturated heterocycles. The number of halogens is 1. The number of anilines is 1. The van der Waals surface area contributed by atoms with Gasteiger partial charge in [-0.2, -0.15) is 0 Å². The summed E-state index contributed by atoms with van der Waals surface area (Å²) in [5.41, 5.74) is 2.26. The highest BCUT2D eigenvalue weighted by atomic mass is 19.1. The molecular weight excluding hydrogens is 267 g/mol. The molecule has 0 bridgehead atoms. The van der Waals surface area contributed by atoms with Gasteiger partial charge in [-0.1, -0.05) is 26.0 Å². The summed E-state index contributed by atoms with van der Waals surface area (Å²) in [6, 6.07) is 13.6. The van der Waals surface area contributed by atoms with Gasteiger partial charge in [0, 0.05) is 23.8 Å². The molecule has 0 saturated carbocycles. The summed E-state index contributed by atoms with van der Waals surface area (Å²) >= 11 is 0. The molecule has 0 fully saturated rings. The lowest BCUT2D eigenvalue weighted by molar-refractivity contribution is 0.102. The Hall–Kier alpha value is -2.20. The molecule has 0 aliphatic rings. The molecule has 0 aliphatic carbocycles. The average molecular weight is 286 g/mol. The van der Waals surface area contributed by atoms with Gasteiger partial charge in [-0.3, -0.25) is 4.79 Å². The average Bonchev–Trinajstić information content (AvgIpc) is 2.46. The van der Waals surface area contributed by atoms with Crippen LogP contribution in [0.15, 0.2) is 48.5 Å². The highest BCUT2D eigenvalue weighted by Gasteiger charge is 2.06. The van der Waals surface area contributed by atoms with E-state index in [9.17, 15) is 9.18 Å². The third kappa shape index (κ3) is 4.68. The third-order valence-electron chi connectivity index (χ3n) is 3.01. The van der Waals surface area contributed by atoms with E-state index in [-0.39, 0.29) is 11.7 Å². The van der Waals surface area contributed by atoms with Gasteiger partial charge in [0.2, 0.25) is 0 Å². The number of hydrogen-bond acceptors (Lipinski definition) is 2. The maximum Gasteiger partial charge on any atom is 0.255 e. The van der Waals surface area contributed by atoms with Crippen LogP contribution >= 0.6 is 0 Å². The molecule has 0 unspecified atom stereocenters. The molecule has 1 amide bonds. The summed E-state index contributed by atoms with van der Waals surface area (Å²) < 4.78 is 12.8. The largest absolute Gasteiger partial charge is 0.322 e. The Morgan fingerprint density at radius 1 is 1.14 bits per heavy atom. The number of carbonyl (C=O) groups is 1. The van der Waals surface area contributed by atoms with E-state index in [0.717, 1.165) is 17.8 Å². The number of hydrogen-bond donors (Lipinski definition) is 2. The van der Waals surface area contributed by atoms with E-state index in [1.54, 1.807) is 0 Å². The summed E-state index contributed by atoms with van der Waals surface area (Å²) in [5, 5.41) is 6.14. The highest BCUT2D eigenvalue weighted by Crippen LogP contribution is 2.13. The molecule has 0 aromatic heterocycles. The predicted octanol–water partition coefficient (Wildman–Crippen LogP) is 3.58. The van der Waals surface area contributed by atoms with Crippen molar-refractivity contribution in [1.29, 1.82) is 0 Å². The summed E-state index contributed by atoms with van der Waals surface area (Å²) in [6.07, 6.45) is 0. The van der Waals surface area contributed by atoms with Gasteiger partial charge in [-0.15, -0.1) is 0 Å². The van der Waals surface area contributed by atoms with Gasteiger partial charge < -0.3 is 10.6 Å². The molecule has 3 nitrogen and oxygen atoms in total. The number of nitrogens with one attached hydrogen (secondary N) is 2. The van der Waals surface area contributed by atoms with E-state index in [2.05, 4.69) is 24.5 Å². The van der Waals surface area contributed by atoms with Crippen molar-refractivity contribution in [3.05, 3.63) is 65.5 Å². The normalized spacial score (nSPS) is 10.7. The highest BCUT2D eigenvalue weighted by molar-refractivity contribution is 6.04. The Labute approximate surface area is 124 Å². The summed E-state index contributed by atoms with van der Waals surface area (Å²) in [5.74, 6) is -0.600. The van der Waals surface area contributed by atoms with Crippen LogP contribution in [0.4, 0.5) is 10.1 Å². The van der Waals surface area contributed by atoms with Crippen LogP contribution in [0.3, 0.4) is 0 Å². The molecule has 2 aromatic carbocycles. The topological polar surface area (TPSA) is 41.1 Å². The van der Waals surface area contributed by atoms with Crippen LogP contribution in [0.25, 0.3) is 0 Å². The number of rotatable bonds is 5. The number of amides is 1. The van der Waals surface area contributed by atoms with Crippen LogP contribution in [-0.2, 0) is 6.54 Å². The summed E-state index contributed by atoms with van der Waals surface area (Å²) in [6.45, 7) is 4.91. The molecular formula is C17H19FN2O. The van der Waals surface area contributed by atoms with E-state index < -0.39 is 0 Å². The first-order valence-electron chi connectivity index (χ1n) is 6.94. The second kappa shape index (κ2) is 6.99. The molecule has 0 atom stereocenters. The van der Waals surface area contributed by atoms with Crippen LogP contribution in [0.1, 0.15) is 29.8 Å². The standard InChI is InChI=1S/C17H19FN2O/c1-12(2)19-11-13-4-3-5-16(10-13)20-17(21)14-6-8-15(18)9-7-14/h3-10,12,19H,11H2,1-2H3,(H,20,21). The Balaban J connectivity index is 2.03. The SMILES string of the molecule is CC(C)NCc1cccc(NC(=O)c2ccc(F)cc2)c1. The van der Waals surface area contributed by atoms with Crippen molar-refractivity contribution in [1.82, 2.24) is 5.32 Å². The van der Waals surface area contributed by atoms with Crippen LogP contribution in [0, 0.1) is 5.82 Å². The van der Waals surface area contributed by atoms with Gasteiger partial charge in [0.15, 0.2) is 0 Å². The third-order valence-corrected chi connectivity index (χ3v) is 3.01. The van der Waals surface area contributed by atoms with E-state index in [0.29, 0.717) is 11.6 Å². The van der Waals surface area contributed by atoms with Crippen molar-refractivity contribution in [3.8, 4) is 0 Å². The van der Waals surface area contributed by atoms with Crippen molar-refractivity contribution in [2.45, 2.75) is 26.4 Å². The van der Waals surface area contributed by atoms with E-state index in [1.807, 2.05) is 24.3 Å². The minimum Gasteiger partial charge on any atom is -0.322 e. The fraction of sp³-hybridized carbons (Fsp3) is 0.235. The Morgan fingerprint density at radius 2 is 1.86 bits per heavy atom. The molecule has 0 spiro atoms. The first kappa shape index (κ1) is 15.2. The quantitative estimate of drug-likeness (QED) is 0.882. The fourth-order valence-electron chi connectivity index (χ4n) is 1.89. The monoisotopic (exact) mass is 286 g/mol. The van der Waals surface area contributed by atoms with Crippen molar-refractivity contribution < 1.29 is 9.18 Å². The Kier molecular flexibility index (Phi) is 5.06. The molecule has 0 aliphatic heterocycles. The van der Waals surface area contributed by atoms with Crippen molar-refractivity contribution >= 4 is 11.6 Å². The minimum absolute atomic E-state index is 0.246. The zero-order valence-corrected chi connectivity index (χ0v) is 12.2. The lowest BCUT2D eigenvalue weighted by Gasteiger charge is -2.10. The second-order valence-corrected chi connectivity index (χ2v) is 5.20. The lowest BCUT2D eigenvalue weighted by atomic mass is 10.1. The molecule has 2 aromatic rings. The zero-order chi connectivity index (χ0) is 15.2. The summed E-state index contributed by atoms with van der Waals surface area (Å²) in [7, 11) is 0. The van der Waals surface area contributed by atoms with Crippen LogP contribution in [0.5, 0.6) is 0 Å². The Morgan fingerprint density at radius 3 is 2.52 bits per heavy atom. The smallest absolute Gasteiger partial charge is 0.255 e. The first-order valence-corrected chi connectivity index (χ1v) is 6.94. The molecule has 2 rings (SSSR count). The molecule has 0 radical (unpaired) electrons. The first-order chi connectivity index (χ1) is 10.0. The maximum atomic E-state index is 12.8. The fourth-order valence-corrected chi connectivity index (χ4v) is 1.89. The lowest BCUT2D eigenvalue weighted by Crippen LogP contribution is -2.21. The van der Waals surface area contributed by atoms with Gasteiger partial charge in [-0.05, 0) is 42.0 Å². The minimum atomic E-state index is -0.353. The number of benzene rings is 2. The second-order valence-electron chi connectivity index (χ2n) is 5.20. The molecule has 0 heterocycles. The van der Waals surface area contributed by atoms with Gasteiger partial charge in [-0.25, -0.2) is 4.39 Å². The van der Waals surface area contributed by atoms with Crippen LogP contribution < -0.4 is 10.6 Å². The van der Waals surface area contributed by atoms with Gasteiger partial charge in [0.25, 0.3) is 5.91 Å². The number of carbonyl (C=O) groups excluding carboxylic acids is 1. The molecule has 110 valence electrons. The van der Waals surface area contributed by atoms with E-state index in [4.69, 9.17) is 0 Å². The van der Waals surface area contributed by atoms with E-state index >= 15 is 0 Å². The van der Waals surface area contributed by atoms with Crippen molar-refractivity contribution in [2.75, 3.05) is 5.32 Å². The predicted molar refractivity (Wildman–Crippen MR) is 82.8 cm³/mol. The van der Waals surface area contributed by atoms with Crippen LogP contribution in [0.2, 0.25) is 0 Å². The zero-order valence-electron chi connectivity index (χ0n) is 12.2. The summed E-state index contributed by atoms with van der Waals surface area (Å²) in [4.78, 5) is 12.1. The Bertz CT molecular complexity index is 608. The molecule has 4 heteroatoms. The van der Waals surface area contributed by atoms with E-state index in [1.165, 1.54) is 24.3 Å². The van der Waals surface area contributed by atoms with Gasteiger partial charge in [0.05, 0.1) is 0 Å². The maximum absolute atomic E-state index is 12.8. The van der Waals surface area contributed by atoms with Crippen LogP contribution in [-0.4, -0.2) is 11.9 Å². The van der Waals surface area contributed by atoms with Crippen molar-refractivity contribution in [3.63, 3.8) is 0 Å². The van der Waals surface area contributed by atoms with Gasteiger partial charge in [0.1, 0.15) is 5.82 Å². The van der Waals surface area contributed by atoms with Crippen molar-refractivity contribution in [2.24, 2.45) is 0 Å². The van der Waals surface area contributed by atoms with Gasteiger partial charge >= 0.3 is 0 Å².